The minimum absolute atomic E-state index is 0.518. The smallest absolute Gasteiger partial charge is 0.190 e. The lowest BCUT2D eigenvalue weighted by Crippen LogP contribution is -2.47. The molecular weight excluding hydrogens is 262 g/mol. The third kappa shape index (κ3) is 7.16. The lowest BCUT2D eigenvalue weighted by Gasteiger charge is -2.43. The van der Waals surface area contributed by atoms with E-state index in [2.05, 4.69) is 29.5 Å². The second-order valence-electron chi connectivity index (χ2n) is 6.86. The maximum absolute atomic E-state index is 5.06. The molecule has 0 aliphatic heterocycles. The van der Waals surface area contributed by atoms with Gasteiger partial charge in [-0.15, -0.1) is 0 Å². The molecule has 0 aromatic heterocycles. The van der Waals surface area contributed by atoms with E-state index in [4.69, 9.17) is 4.74 Å². The Morgan fingerprint density at radius 1 is 1.19 bits per heavy atom. The van der Waals surface area contributed by atoms with E-state index in [-0.39, 0.29) is 0 Å². The molecule has 0 unspecified atom stereocenters. The van der Waals surface area contributed by atoms with E-state index in [1.165, 1.54) is 38.5 Å². The Kier molecular flexibility index (Phi) is 8.74. The molecule has 4 heteroatoms. The van der Waals surface area contributed by atoms with Crippen LogP contribution in [0.2, 0.25) is 0 Å². The summed E-state index contributed by atoms with van der Waals surface area (Å²) in [7, 11) is 3.62. The monoisotopic (exact) mass is 297 g/mol. The van der Waals surface area contributed by atoms with Crippen LogP contribution < -0.4 is 10.6 Å². The molecule has 0 heterocycles. The Labute approximate surface area is 131 Å². The van der Waals surface area contributed by atoms with Crippen LogP contribution in [0.15, 0.2) is 4.99 Å². The van der Waals surface area contributed by atoms with Gasteiger partial charge in [0, 0.05) is 33.9 Å². The zero-order valence-corrected chi connectivity index (χ0v) is 14.5. The zero-order valence-electron chi connectivity index (χ0n) is 14.5. The molecule has 1 aliphatic carbocycles. The molecule has 0 atom stereocenters. The van der Waals surface area contributed by atoms with E-state index < -0.39 is 0 Å². The van der Waals surface area contributed by atoms with Crippen molar-refractivity contribution in [2.75, 3.05) is 33.9 Å². The van der Waals surface area contributed by atoms with Crippen LogP contribution in [-0.2, 0) is 4.74 Å². The summed E-state index contributed by atoms with van der Waals surface area (Å²) in [6.07, 6.45) is 8.96. The Morgan fingerprint density at radius 3 is 2.48 bits per heavy atom. The Morgan fingerprint density at radius 2 is 1.95 bits per heavy atom. The first kappa shape index (κ1) is 18.3. The molecule has 0 saturated heterocycles. The topological polar surface area (TPSA) is 45.7 Å². The highest BCUT2D eigenvalue weighted by atomic mass is 16.5. The van der Waals surface area contributed by atoms with E-state index in [0.29, 0.717) is 5.41 Å². The standard InChI is InChI=1S/C17H35N3O/c1-15(2)13-17(9-8-10-17)14-20-16(18-3)19-11-6-5-7-12-21-4/h15H,5-14H2,1-4H3,(H2,18,19,20). The summed E-state index contributed by atoms with van der Waals surface area (Å²) in [4.78, 5) is 4.33. The quantitative estimate of drug-likeness (QED) is 0.370. The van der Waals surface area contributed by atoms with Gasteiger partial charge in [0.05, 0.1) is 0 Å². The first-order valence-electron chi connectivity index (χ1n) is 8.55. The first-order chi connectivity index (χ1) is 10.1. The number of rotatable bonds is 10. The van der Waals surface area contributed by atoms with Gasteiger partial charge in [0.1, 0.15) is 0 Å². The van der Waals surface area contributed by atoms with Crippen molar-refractivity contribution in [3.8, 4) is 0 Å². The van der Waals surface area contributed by atoms with Gasteiger partial charge in [-0.25, -0.2) is 0 Å². The van der Waals surface area contributed by atoms with E-state index in [1.54, 1.807) is 7.11 Å². The van der Waals surface area contributed by atoms with Gasteiger partial charge in [0.15, 0.2) is 5.96 Å². The number of ether oxygens (including phenoxy) is 1. The largest absolute Gasteiger partial charge is 0.385 e. The van der Waals surface area contributed by atoms with Crippen LogP contribution in [0.4, 0.5) is 0 Å². The highest BCUT2D eigenvalue weighted by Crippen LogP contribution is 2.45. The summed E-state index contributed by atoms with van der Waals surface area (Å²) < 4.78 is 5.06. The van der Waals surface area contributed by atoms with Gasteiger partial charge in [-0.1, -0.05) is 20.3 Å². The van der Waals surface area contributed by atoms with Crippen molar-refractivity contribution in [1.82, 2.24) is 10.6 Å². The minimum Gasteiger partial charge on any atom is -0.385 e. The molecule has 21 heavy (non-hydrogen) atoms. The highest BCUT2D eigenvalue weighted by molar-refractivity contribution is 5.79. The molecule has 124 valence electrons. The molecule has 0 radical (unpaired) electrons. The predicted octanol–water partition coefficient (Wildman–Crippen LogP) is 3.18. The molecule has 1 rings (SSSR count). The maximum Gasteiger partial charge on any atom is 0.190 e. The van der Waals surface area contributed by atoms with Crippen LogP contribution in [0.3, 0.4) is 0 Å². The summed E-state index contributed by atoms with van der Waals surface area (Å²) in [6.45, 7) is 7.57. The Balaban J connectivity index is 2.18. The van der Waals surface area contributed by atoms with Crippen LogP contribution in [0.5, 0.6) is 0 Å². The second-order valence-corrected chi connectivity index (χ2v) is 6.86. The number of aliphatic imine (C=N–C) groups is 1. The molecular formula is C17H35N3O. The molecule has 2 N–H and O–H groups in total. The molecule has 1 fully saturated rings. The van der Waals surface area contributed by atoms with Crippen molar-refractivity contribution in [2.24, 2.45) is 16.3 Å². The van der Waals surface area contributed by atoms with Gasteiger partial charge in [-0.2, -0.15) is 0 Å². The summed E-state index contributed by atoms with van der Waals surface area (Å²) in [5.41, 5.74) is 0.518. The Bertz CT molecular complexity index is 298. The number of unbranched alkanes of at least 4 members (excludes halogenated alkanes) is 2. The van der Waals surface area contributed by atoms with Crippen molar-refractivity contribution < 1.29 is 4.74 Å². The highest BCUT2D eigenvalue weighted by Gasteiger charge is 2.37. The average molecular weight is 297 g/mol. The third-order valence-corrected chi connectivity index (χ3v) is 4.43. The fourth-order valence-electron chi connectivity index (χ4n) is 3.24. The average Bonchev–Trinajstić information content (AvgIpc) is 2.42. The van der Waals surface area contributed by atoms with E-state index >= 15 is 0 Å². The van der Waals surface area contributed by atoms with Gasteiger partial charge < -0.3 is 15.4 Å². The van der Waals surface area contributed by atoms with Gasteiger partial charge in [0.25, 0.3) is 0 Å². The minimum atomic E-state index is 0.518. The summed E-state index contributed by atoms with van der Waals surface area (Å²) in [5.74, 6) is 1.74. The second kappa shape index (κ2) is 10.0. The molecule has 0 spiro atoms. The zero-order chi connectivity index (χ0) is 15.6. The van der Waals surface area contributed by atoms with Crippen LogP contribution >= 0.6 is 0 Å². The molecule has 0 aromatic rings. The van der Waals surface area contributed by atoms with Crippen molar-refractivity contribution in [3.63, 3.8) is 0 Å². The van der Waals surface area contributed by atoms with Crippen molar-refractivity contribution in [3.05, 3.63) is 0 Å². The van der Waals surface area contributed by atoms with Gasteiger partial charge in [-0.3, -0.25) is 4.99 Å². The van der Waals surface area contributed by atoms with Gasteiger partial charge in [-0.05, 0) is 49.9 Å². The molecule has 0 aromatic carbocycles. The van der Waals surface area contributed by atoms with Crippen LogP contribution in [0, 0.1) is 11.3 Å². The summed E-state index contributed by atoms with van der Waals surface area (Å²) >= 11 is 0. The predicted molar refractivity (Wildman–Crippen MR) is 90.8 cm³/mol. The normalized spacial score (nSPS) is 17.7. The fraction of sp³-hybridized carbons (Fsp3) is 0.941. The summed E-state index contributed by atoms with van der Waals surface area (Å²) in [6, 6.07) is 0. The molecule has 0 amide bonds. The number of methoxy groups -OCH3 is 1. The van der Waals surface area contributed by atoms with Crippen molar-refractivity contribution >= 4 is 5.96 Å². The summed E-state index contributed by atoms with van der Waals surface area (Å²) in [5, 5.41) is 6.95. The lowest BCUT2D eigenvalue weighted by atomic mass is 9.64. The van der Waals surface area contributed by atoms with Crippen LogP contribution in [0.1, 0.15) is 58.8 Å². The number of nitrogens with one attached hydrogen (secondary N) is 2. The number of hydrogen-bond donors (Lipinski definition) is 2. The molecule has 0 bridgehead atoms. The van der Waals surface area contributed by atoms with E-state index in [0.717, 1.165) is 38.0 Å². The fourth-order valence-corrected chi connectivity index (χ4v) is 3.24. The van der Waals surface area contributed by atoms with Gasteiger partial charge in [0.2, 0.25) is 0 Å². The van der Waals surface area contributed by atoms with Crippen molar-refractivity contribution in [2.45, 2.75) is 58.8 Å². The maximum atomic E-state index is 5.06. The molecule has 4 nitrogen and oxygen atoms in total. The third-order valence-electron chi connectivity index (χ3n) is 4.43. The molecule has 1 saturated carbocycles. The number of nitrogens with zero attached hydrogens (tertiary/aromatic N) is 1. The molecule has 1 aliphatic rings. The first-order valence-corrected chi connectivity index (χ1v) is 8.55. The van der Waals surface area contributed by atoms with Gasteiger partial charge >= 0.3 is 0 Å². The van der Waals surface area contributed by atoms with E-state index in [9.17, 15) is 0 Å². The van der Waals surface area contributed by atoms with Crippen molar-refractivity contribution in [1.29, 1.82) is 0 Å². The SMILES string of the molecule is CN=C(NCCCCCOC)NCC1(CC(C)C)CCC1. The lowest BCUT2D eigenvalue weighted by molar-refractivity contribution is 0.104. The van der Waals surface area contributed by atoms with E-state index in [1.807, 2.05) is 7.05 Å². The number of guanidine groups is 1. The van der Waals surface area contributed by atoms with Crippen LogP contribution in [0.25, 0.3) is 0 Å². The van der Waals surface area contributed by atoms with Crippen LogP contribution in [-0.4, -0.2) is 39.8 Å². The number of hydrogen-bond acceptors (Lipinski definition) is 2. The Hall–Kier alpha value is -0.770.